The molecular weight excluding hydrogens is 334 g/mol. The summed E-state index contributed by atoms with van der Waals surface area (Å²) in [6.07, 6.45) is 1.76. The highest BCUT2D eigenvalue weighted by atomic mass is 16.3. The minimum absolute atomic E-state index is 0.215. The summed E-state index contributed by atoms with van der Waals surface area (Å²) in [5, 5.41) is 9.95. The molecule has 1 amide bonds. The van der Waals surface area contributed by atoms with Crippen LogP contribution in [0.25, 0.3) is 17.4 Å². The summed E-state index contributed by atoms with van der Waals surface area (Å²) in [6, 6.07) is 12.9. The van der Waals surface area contributed by atoms with Crippen molar-refractivity contribution in [3.8, 4) is 11.6 Å². The van der Waals surface area contributed by atoms with Gasteiger partial charge in [-0.25, -0.2) is 0 Å². The van der Waals surface area contributed by atoms with E-state index in [1.807, 2.05) is 30.3 Å². The molecule has 3 heterocycles. The SMILES string of the molecule is CNc1nc(NC(=O)Cc2ccccc2)n2nc(-c3ccco3)nc2n1. The molecule has 4 aromatic rings. The van der Waals surface area contributed by atoms with Gasteiger partial charge in [0.2, 0.25) is 23.6 Å². The number of carbonyl (C=O) groups is 1. The molecule has 3 aromatic heterocycles. The molecule has 0 radical (unpaired) electrons. The van der Waals surface area contributed by atoms with Crippen molar-refractivity contribution in [2.45, 2.75) is 6.42 Å². The van der Waals surface area contributed by atoms with Crippen LogP contribution in [0.1, 0.15) is 5.56 Å². The van der Waals surface area contributed by atoms with Crippen LogP contribution < -0.4 is 10.6 Å². The number of hydrogen-bond acceptors (Lipinski definition) is 7. The Labute approximate surface area is 148 Å². The van der Waals surface area contributed by atoms with Gasteiger partial charge in [0.15, 0.2) is 5.76 Å². The van der Waals surface area contributed by atoms with Gasteiger partial charge in [-0.15, -0.1) is 5.10 Å². The molecule has 0 unspecified atom stereocenters. The van der Waals surface area contributed by atoms with E-state index in [-0.39, 0.29) is 18.3 Å². The van der Waals surface area contributed by atoms with Crippen molar-refractivity contribution in [2.75, 3.05) is 17.7 Å². The second-order valence-electron chi connectivity index (χ2n) is 5.46. The zero-order valence-corrected chi connectivity index (χ0v) is 13.9. The standard InChI is InChI=1S/C17H15N7O2/c1-18-15-21-16(19-13(25)10-11-6-3-2-4-7-11)24-17(22-15)20-14(23-24)12-8-5-9-26-12/h2-9H,10H2,1H3,(H2,18,19,20,21,22,23,25). The van der Waals surface area contributed by atoms with E-state index in [0.29, 0.717) is 23.3 Å². The monoisotopic (exact) mass is 349 g/mol. The first kappa shape index (κ1) is 15.8. The van der Waals surface area contributed by atoms with Crippen LogP contribution in [0.4, 0.5) is 11.9 Å². The number of furan rings is 1. The Morgan fingerprint density at radius 3 is 2.69 bits per heavy atom. The summed E-state index contributed by atoms with van der Waals surface area (Å²) in [5.74, 6) is 1.50. The molecule has 0 saturated carbocycles. The van der Waals surface area contributed by atoms with Crippen molar-refractivity contribution in [3.63, 3.8) is 0 Å². The van der Waals surface area contributed by atoms with Gasteiger partial charge in [0.05, 0.1) is 12.7 Å². The Bertz CT molecular complexity index is 1040. The first-order valence-corrected chi connectivity index (χ1v) is 7.93. The van der Waals surface area contributed by atoms with Crippen LogP contribution in [0.5, 0.6) is 0 Å². The number of nitrogens with zero attached hydrogens (tertiary/aromatic N) is 5. The Morgan fingerprint density at radius 2 is 1.96 bits per heavy atom. The summed E-state index contributed by atoms with van der Waals surface area (Å²) in [5.41, 5.74) is 0.902. The minimum atomic E-state index is -0.215. The van der Waals surface area contributed by atoms with Crippen molar-refractivity contribution in [1.29, 1.82) is 0 Å². The van der Waals surface area contributed by atoms with Crippen LogP contribution in [0, 0.1) is 0 Å². The molecule has 0 saturated heterocycles. The van der Waals surface area contributed by atoms with Crippen molar-refractivity contribution in [3.05, 3.63) is 54.3 Å². The Hall–Kier alpha value is -3.75. The van der Waals surface area contributed by atoms with Gasteiger partial charge >= 0.3 is 0 Å². The van der Waals surface area contributed by atoms with E-state index in [0.717, 1.165) is 5.56 Å². The molecule has 0 atom stereocenters. The van der Waals surface area contributed by atoms with Gasteiger partial charge in [-0.3, -0.25) is 10.1 Å². The normalized spacial score (nSPS) is 10.8. The average Bonchev–Trinajstić information content (AvgIpc) is 3.31. The molecule has 1 aromatic carbocycles. The molecule has 0 aliphatic rings. The van der Waals surface area contributed by atoms with Gasteiger partial charge in [0.25, 0.3) is 5.78 Å². The quantitative estimate of drug-likeness (QED) is 0.567. The van der Waals surface area contributed by atoms with E-state index in [1.165, 1.54) is 10.8 Å². The van der Waals surface area contributed by atoms with Gasteiger partial charge < -0.3 is 9.73 Å². The second kappa shape index (κ2) is 6.63. The lowest BCUT2D eigenvalue weighted by atomic mass is 10.1. The average molecular weight is 349 g/mol. The van der Waals surface area contributed by atoms with Crippen LogP contribution in [0.15, 0.2) is 53.1 Å². The molecule has 130 valence electrons. The van der Waals surface area contributed by atoms with E-state index in [4.69, 9.17) is 4.42 Å². The summed E-state index contributed by atoms with van der Waals surface area (Å²) in [7, 11) is 1.69. The number of fused-ring (bicyclic) bond motifs is 1. The van der Waals surface area contributed by atoms with Crippen LogP contribution in [0.2, 0.25) is 0 Å². The Kier molecular flexibility index (Phi) is 4.02. The summed E-state index contributed by atoms with van der Waals surface area (Å²) < 4.78 is 6.69. The fraction of sp³-hybridized carbons (Fsp3) is 0.118. The summed E-state index contributed by atoms with van der Waals surface area (Å²) >= 11 is 0. The number of aromatic nitrogens is 5. The van der Waals surface area contributed by atoms with Crippen molar-refractivity contribution in [2.24, 2.45) is 0 Å². The summed E-state index contributed by atoms with van der Waals surface area (Å²) in [4.78, 5) is 25.2. The zero-order valence-electron chi connectivity index (χ0n) is 13.9. The topological polar surface area (TPSA) is 110 Å². The van der Waals surface area contributed by atoms with Gasteiger partial charge in [0, 0.05) is 7.05 Å². The maximum absolute atomic E-state index is 12.4. The lowest BCUT2D eigenvalue weighted by Crippen LogP contribution is -2.19. The molecule has 9 nitrogen and oxygen atoms in total. The first-order valence-electron chi connectivity index (χ1n) is 7.93. The molecule has 0 aliphatic heterocycles. The second-order valence-corrected chi connectivity index (χ2v) is 5.46. The predicted octanol–water partition coefficient (Wildman–Crippen LogP) is 2.00. The largest absolute Gasteiger partial charge is 0.461 e. The molecule has 0 spiro atoms. The van der Waals surface area contributed by atoms with E-state index >= 15 is 0 Å². The fourth-order valence-corrected chi connectivity index (χ4v) is 2.44. The highest BCUT2D eigenvalue weighted by Gasteiger charge is 2.16. The van der Waals surface area contributed by atoms with Crippen LogP contribution in [0.3, 0.4) is 0 Å². The van der Waals surface area contributed by atoms with Crippen LogP contribution >= 0.6 is 0 Å². The van der Waals surface area contributed by atoms with Gasteiger partial charge in [-0.2, -0.15) is 19.5 Å². The van der Waals surface area contributed by atoms with E-state index in [9.17, 15) is 4.79 Å². The highest BCUT2D eigenvalue weighted by Crippen LogP contribution is 2.18. The summed E-state index contributed by atoms with van der Waals surface area (Å²) in [6.45, 7) is 0. The molecule has 4 rings (SSSR count). The predicted molar refractivity (Wildman–Crippen MR) is 94.6 cm³/mol. The van der Waals surface area contributed by atoms with Crippen molar-refractivity contribution in [1.82, 2.24) is 24.6 Å². The fourth-order valence-electron chi connectivity index (χ4n) is 2.44. The Morgan fingerprint density at radius 1 is 1.12 bits per heavy atom. The number of rotatable bonds is 5. The van der Waals surface area contributed by atoms with Crippen LogP contribution in [-0.2, 0) is 11.2 Å². The molecular formula is C17H15N7O2. The molecule has 9 heteroatoms. The number of carbonyl (C=O) groups excluding carboxylic acids is 1. The molecule has 2 N–H and O–H groups in total. The highest BCUT2D eigenvalue weighted by molar-refractivity contribution is 5.91. The smallest absolute Gasteiger partial charge is 0.259 e. The third-order valence-electron chi connectivity index (χ3n) is 3.63. The number of anilines is 2. The number of nitrogens with one attached hydrogen (secondary N) is 2. The third kappa shape index (κ3) is 3.09. The molecule has 26 heavy (non-hydrogen) atoms. The van der Waals surface area contributed by atoms with Gasteiger partial charge in [-0.05, 0) is 17.7 Å². The Balaban J connectivity index is 1.67. The molecule has 0 fully saturated rings. The maximum atomic E-state index is 12.4. The van der Waals surface area contributed by atoms with Gasteiger partial charge in [0.1, 0.15) is 0 Å². The molecule has 0 bridgehead atoms. The van der Waals surface area contributed by atoms with Crippen LogP contribution in [-0.4, -0.2) is 37.5 Å². The lowest BCUT2D eigenvalue weighted by molar-refractivity contribution is -0.115. The number of benzene rings is 1. The van der Waals surface area contributed by atoms with E-state index in [2.05, 4.69) is 30.7 Å². The number of hydrogen-bond donors (Lipinski definition) is 2. The van der Waals surface area contributed by atoms with E-state index in [1.54, 1.807) is 19.2 Å². The maximum Gasteiger partial charge on any atom is 0.259 e. The van der Waals surface area contributed by atoms with Crippen molar-refractivity contribution < 1.29 is 9.21 Å². The van der Waals surface area contributed by atoms with Gasteiger partial charge in [-0.1, -0.05) is 30.3 Å². The minimum Gasteiger partial charge on any atom is -0.461 e. The van der Waals surface area contributed by atoms with Crippen molar-refractivity contribution >= 4 is 23.6 Å². The lowest BCUT2D eigenvalue weighted by Gasteiger charge is -2.07. The zero-order chi connectivity index (χ0) is 17.9. The first-order chi connectivity index (χ1) is 12.7. The molecule has 0 aliphatic carbocycles. The van der Waals surface area contributed by atoms with E-state index < -0.39 is 0 Å². The number of amides is 1. The third-order valence-corrected chi connectivity index (χ3v) is 3.63.